The average molecular weight is 260 g/mol. The quantitative estimate of drug-likeness (QED) is 0.887. The topological polar surface area (TPSA) is 38.5 Å². The number of fused-ring (bicyclic) bond motifs is 1. The van der Waals surface area contributed by atoms with Crippen LogP contribution in [0, 0.1) is 5.92 Å². The molecular formula is C16H24N2O. The molecule has 1 aromatic rings. The Labute approximate surface area is 115 Å². The van der Waals surface area contributed by atoms with Crippen LogP contribution >= 0.6 is 0 Å². The van der Waals surface area contributed by atoms with Crippen molar-refractivity contribution in [3.05, 3.63) is 29.8 Å². The van der Waals surface area contributed by atoms with Gasteiger partial charge < -0.3 is 10.5 Å². The minimum Gasteiger partial charge on any atom is -0.492 e. The molecule has 3 rings (SSSR count). The highest BCUT2D eigenvalue weighted by molar-refractivity contribution is 5.33. The van der Waals surface area contributed by atoms with Crippen LogP contribution in [0.4, 0.5) is 0 Å². The van der Waals surface area contributed by atoms with E-state index in [1.54, 1.807) is 0 Å². The van der Waals surface area contributed by atoms with Gasteiger partial charge in [-0.15, -0.1) is 0 Å². The van der Waals surface area contributed by atoms with Crippen molar-refractivity contribution in [2.75, 3.05) is 19.7 Å². The Morgan fingerprint density at radius 3 is 2.95 bits per heavy atom. The molecule has 0 amide bonds. The summed E-state index contributed by atoms with van der Waals surface area (Å²) in [6, 6.07) is 8.79. The maximum atomic E-state index is 6.27. The van der Waals surface area contributed by atoms with E-state index in [4.69, 9.17) is 10.5 Å². The summed E-state index contributed by atoms with van der Waals surface area (Å²) in [4.78, 5) is 2.52. The second-order valence-electron chi connectivity index (χ2n) is 5.90. The lowest BCUT2D eigenvalue weighted by Crippen LogP contribution is -2.41. The van der Waals surface area contributed by atoms with Crippen LogP contribution in [0.1, 0.15) is 31.2 Å². The lowest BCUT2D eigenvalue weighted by molar-refractivity contribution is 0.165. The molecule has 0 spiro atoms. The molecule has 0 saturated heterocycles. The van der Waals surface area contributed by atoms with Gasteiger partial charge in [0.05, 0.1) is 0 Å². The standard InChI is InChI=1S/C16H24N2O/c17-15-7-3-1-5-13(15)11-18-9-10-19-16-8-4-2-6-14(16)12-18/h2,4,6,8,13,15H,1,3,5,7,9-12,17H2. The SMILES string of the molecule is NC1CCCCC1CN1CCOc2ccccc2C1. The number of hydrogen-bond donors (Lipinski definition) is 1. The molecule has 0 aromatic heterocycles. The van der Waals surface area contributed by atoms with Crippen molar-refractivity contribution in [1.29, 1.82) is 0 Å². The number of para-hydroxylation sites is 1. The summed E-state index contributed by atoms with van der Waals surface area (Å²) in [5, 5.41) is 0. The third kappa shape index (κ3) is 3.10. The molecule has 3 nitrogen and oxygen atoms in total. The zero-order valence-corrected chi connectivity index (χ0v) is 11.6. The number of rotatable bonds is 2. The molecule has 19 heavy (non-hydrogen) atoms. The normalized spacial score (nSPS) is 28.3. The smallest absolute Gasteiger partial charge is 0.123 e. The number of benzene rings is 1. The first-order valence-corrected chi connectivity index (χ1v) is 7.51. The molecule has 3 heteroatoms. The van der Waals surface area contributed by atoms with Crippen molar-refractivity contribution in [3.63, 3.8) is 0 Å². The Bertz CT molecular complexity index is 421. The van der Waals surface area contributed by atoms with Crippen LogP contribution in [0.25, 0.3) is 0 Å². The van der Waals surface area contributed by atoms with Crippen molar-refractivity contribution in [3.8, 4) is 5.75 Å². The summed E-state index contributed by atoms with van der Waals surface area (Å²) in [6.07, 6.45) is 5.15. The van der Waals surface area contributed by atoms with Gasteiger partial charge in [-0.3, -0.25) is 4.90 Å². The Morgan fingerprint density at radius 1 is 1.21 bits per heavy atom. The van der Waals surface area contributed by atoms with Gasteiger partial charge in [-0.05, 0) is 24.8 Å². The van der Waals surface area contributed by atoms with Gasteiger partial charge >= 0.3 is 0 Å². The van der Waals surface area contributed by atoms with Crippen LogP contribution in [-0.4, -0.2) is 30.6 Å². The van der Waals surface area contributed by atoms with Crippen molar-refractivity contribution in [1.82, 2.24) is 4.90 Å². The fourth-order valence-electron chi connectivity index (χ4n) is 3.33. The Morgan fingerprint density at radius 2 is 2.05 bits per heavy atom. The van der Waals surface area contributed by atoms with E-state index in [0.29, 0.717) is 12.0 Å². The number of nitrogens with two attached hydrogens (primary N) is 1. The summed E-state index contributed by atoms with van der Waals surface area (Å²) in [6.45, 7) is 3.93. The van der Waals surface area contributed by atoms with Crippen LogP contribution < -0.4 is 10.5 Å². The van der Waals surface area contributed by atoms with E-state index in [0.717, 1.165) is 32.0 Å². The summed E-state index contributed by atoms with van der Waals surface area (Å²) in [5.74, 6) is 1.72. The Hall–Kier alpha value is -1.06. The van der Waals surface area contributed by atoms with Gasteiger partial charge in [-0.25, -0.2) is 0 Å². The van der Waals surface area contributed by atoms with E-state index in [9.17, 15) is 0 Å². The highest BCUT2D eigenvalue weighted by atomic mass is 16.5. The molecular weight excluding hydrogens is 236 g/mol. The first-order valence-electron chi connectivity index (χ1n) is 7.51. The summed E-state index contributed by atoms with van der Waals surface area (Å²) < 4.78 is 5.82. The first kappa shape index (κ1) is 12.9. The third-order valence-electron chi connectivity index (χ3n) is 4.49. The maximum absolute atomic E-state index is 6.27. The van der Waals surface area contributed by atoms with E-state index >= 15 is 0 Å². The minimum atomic E-state index is 0.396. The van der Waals surface area contributed by atoms with Crippen LogP contribution in [0.5, 0.6) is 5.75 Å². The van der Waals surface area contributed by atoms with Crippen molar-refractivity contribution < 1.29 is 4.74 Å². The zero-order chi connectivity index (χ0) is 13.1. The summed E-state index contributed by atoms with van der Waals surface area (Å²) in [5.41, 5.74) is 7.58. The molecule has 0 radical (unpaired) electrons. The molecule has 2 aliphatic rings. The fourth-order valence-corrected chi connectivity index (χ4v) is 3.33. The monoisotopic (exact) mass is 260 g/mol. The summed E-state index contributed by atoms with van der Waals surface area (Å²) >= 11 is 0. The number of hydrogen-bond acceptors (Lipinski definition) is 3. The van der Waals surface area contributed by atoms with Gasteiger partial charge in [0.15, 0.2) is 0 Å². The first-order chi connectivity index (χ1) is 9.33. The zero-order valence-electron chi connectivity index (χ0n) is 11.6. The molecule has 1 aromatic carbocycles. The molecule has 2 atom stereocenters. The summed E-state index contributed by atoms with van der Waals surface area (Å²) in [7, 11) is 0. The van der Waals surface area contributed by atoms with Gasteiger partial charge in [0.25, 0.3) is 0 Å². The highest BCUT2D eigenvalue weighted by Gasteiger charge is 2.25. The molecule has 104 valence electrons. The predicted molar refractivity (Wildman–Crippen MR) is 77.1 cm³/mol. The van der Waals surface area contributed by atoms with Crippen molar-refractivity contribution >= 4 is 0 Å². The van der Waals surface area contributed by atoms with Gasteiger partial charge in [-0.1, -0.05) is 31.0 Å². The van der Waals surface area contributed by atoms with Crippen LogP contribution in [0.3, 0.4) is 0 Å². The minimum absolute atomic E-state index is 0.396. The van der Waals surface area contributed by atoms with Crippen LogP contribution in [0.2, 0.25) is 0 Å². The lowest BCUT2D eigenvalue weighted by Gasteiger charge is -2.33. The van der Waals surface area contributed by atoms with Crippen molar-refractivity contribution in [2.24, 2.45) is 11.7 Å². The molecule has 2 N–H and O–H groups in total. The van der Waals surface area contributed by atoms with E-state index in [-0.39, 0.29) is 0 Å². The van der Waals surface area contributed by atoms with Crippen LogP contribution in [0.15, 0.2) is 24.3 Å². The molecule has 1 heterocycles. The van der Waals surface area contributed by atoms with Gasteiger partial charge in [0.2, 0.25) is 0 Å². The fraction of sp³-hybridized carbons (Fsp3) is 0.625. The second kappa shape index (κ2) is 5.93. The van der Waals surface area contributed by atoms with Gasteiger partial charge in [0.1, 0.15) is 12.4 Å². The van der Waals surface area contributed by atoms with Crippen molar-refractivity contribution in [2.45, 2.75) is 38.3 Å². The largest absolute Gasteiger partial charge is 0.492 e. The number of nitrogens with zero attached hydrogens (tertiary/aromatic N) is 1. The molecule has 1 saturated carbocycles. The van der Waals surface area contributed by atoms with E-state index < -0.39 is 0 Å². The lowest BCUT2D eigenvalue weighted by atomic mass is 9.84. The Kier molecular flexibility index (Phi) is 4.04. The molecule has 2 unspecified atom stereocenters. The second-order valence-corrected chi connectivity index (χ2v) is 5.90. The number of ether oxygens (including phenoxy) is 1. The average Bonchev–Trinajstić information content (AvgIpc) is 2.63. The molecule has 1 fully saturated rings. The van der Waals surface area contributed by atoms with E-state index in [1.165, 1.54) is 31.2 Å². The maximum Gasteiger partial charge on any atom is 0.123 e. The molecule has 0 bridgehead atoms. The van der Waals surface area contributed by atoms with Crippen LogP contribution in [-0.2, 0) is 6.54 Å². The molecule has 1 aliphatic heterocycles. The molecule has 1 aliphatic carbocycles. The highest BCUT2D eigenvalue weighted by Crippen LogP contribution is 2.27. The van der Waals surface area contributed by atoms with Gasteiger partial charge in [-0.2, -0.15) is 0 Å². The Balaban J connectivity index is 1.65. The third-order valence-corrected chi connectivity index (χ3v) is 4.49. The predicted octanol–water partition coefficient (Wildman–Crippen LogP) is 2.40. The van der Waals surface area contributed by atoms with Gasteiger partial charge in [0, 0.05) is 31.2 Å². The van der Waals surface area contributed by atoms with E-state index in [2.05, 4.69) is 23.1 Å². The van der Waals surface area contributed by atoms with E-state index in [1.807, 2.05) is 6.07 Å².